The molecule has 0 saturated carbocycles. The number of furan rings is 1. The highest BCUT2D eigenvalue weighted by Crippen LogP contribution is 2.18. The van der Waals surface area contributed by atoms with Crippen molar-refractivity contribution in [3.05, 3.63) is 58.5 Å². The first-order valence-electron chi connectivity index (χ1n) is 5.25. The summed E-state index contributed by atoms with van der Waals surface area (Å²) in [6, 6.07) is 7.61. The summed E-state index contributed by atoms with van der Waals surface area (Å²) in [5.74, 6) is 0.395. The Kier molecular flexibility index (Phi) is 2.65. The van der Waals surface area contributed by atoms with Gasteiger partial charge in [-0.05, 0) is 38.0 Å². The topological polar surface area (TPSA) is 30.2 Å². The number of hydrogen-bond donors (Lipinski definition) is 0. The minimum atomic E-state index is -0.0417. The van der Waals surface area contributed by atoms with Gasteiger partial charge in [0.05, 0.1) is 6.26 Å². The van der Waals surface area contributed by atoms with Crippen LogP contribution in [-0.4, -0.2) is 5.78 Å². The summed E-state index contributed by atoms with van der Waals surface area (Å²) in [6.07, 6.45) is 1.55. The molecule has 2 heteroatoms. The molecule has 1 aromatic carbocycles. The van der Waals surface area contributed by atoms with E-state index in [0.717, 1.165) is 16.7 Å². The van der Waals surface area contributed by atoms with E-state index in [1.54, 1.807) is 12.3 Å². The molecule has 1 aromatic heterocycles. The number of hydrogen-bond acceptors (Lipinski definition) is 2. The van der Waals surface area contributed by atoms with Crippen molar-refractivity contribution in [3.63, 3.8) is 0 Å². The first kappa shape index (κ1) is 10.7. The van der Waals surface area contributed by atoms with Crippen molar-refractivity contribution in [1.29, 1.82) is 0 Å². The minimum Gasteiger partial charge on any atom is -0.461 e. The molecule has 1 heterocycles. The summed E-state index contributed by atoms with van der Waals surface area (Å²) in [5, 5.41) is 0. The summed E-state index contributed by atoms with van der Waals surface area (Å²) in [5.41, 5.74) is 3.74. The number of rotatable bonds is 2. The van der Waals surface area contributed by atoms with E-state index in [-0.39, 0.29) is 5.78 Å². The molecule has 2 nitrogen and oxygen atoms in total. The number of benzene rings is 1. The highest BCUT2D eigenvalue weighted by atomic mass is 16.3. The third-order valence-electron chi connectivity index (χ3n) is 2.69. The highest BCUT2D eigenvalue weighted by molar-refractivity contribution is 6.08. The number of carbonyl (C=O) groups is 1. The van der Waals surface area contributed by atoms with Crippen LogP contribution in [0.15, 0.2) is 34.9 Å². The fraction of sp³-hybridized carbons (Fsp3) is 0.214. The SMILES string of the molecule is Cc1ccc(C(=O)c2occc2C)c(C)c1. The molecule has 0 unspecified atom stereocenters. The van der Waals surface area contributed by atoms with Crippen molar-refractivity contribution in [2.45, 2.75) is 20.8 Å². The van der Waals surface area contributed by atoms with Crippen LogP contribution in [0.2, 0.25) is 0 Å². The van der Waals surface area contributed by atoms with Gasteiger partial charge in [0.2, 0.25) is 5.78 Å². The Morgan fingerprint density at radius 3 is 2.38 bits per heavy atom. The van der Waals surface area contributed by atoms with Gasteiger partial charge in [-0.1, -0.05) is 23.8 Å². The molecule has 2 rings (SSSR count). The van der Waals surface area contributed by atoms with Crippen LogP contribution in [0.1, 0.15) is 32.8 Å². The van der Waals surface area contributed by atoms with Crippen LogP contribution in [0.5, 0.6) is 0 Å². The summed E-state index contributed by atoms with van der Waals surface area (Å²) in [6.45, 7) is 5.83. The number of aryl methyl sites for hydroxylation is 3. The Morgan fingerprint density at radius 2 is 1.81 bits per heavy atom. The average Bonchev–Trinajstić information content (AvgIpc) is 2.63. The van der Waals surface area contributed by atoms with Crippen molar-refractivity contribution in [2.75, 3.05) is 0 Å². The van der Waals surface area contributed by atoms with Crippen LogP contribution in [0.4, 0.5) is 0 Å². The van der Waals surface area contributed by atoms with Crippen LogP contribution < -0.4 is 0 Å². The smallest absolute Gasteiger partial charge is 0.228 e. The van der Waals surface area contributed by atoms with E-state index in [9.17, 15) is 4.79 Å². The monoisotopic (exact) mass is 214 g/mol. The Bertz CT molecular complexity index is 535. The van der Waals surface area contributed by atoms with Gasteiger partial charge in [-0.2, -0.15) is 0 Å². The number of carbonyl (C=O) groups excluding carboxylic acids is 1. The molecule has 16 heavy (non-hydrogen) atoms. The Labute approximate surface area is 94.9 Å². The van der Waals surface area contributed by atoms with Crippen LogP contribution in [-0.2, 0) is 0 Å². The van der Waals surface area contributed by atoms with Crippen molar-refractivity contribution in [1.82, 2.24) is 0 Å². The van der Waals surface area contributed by atoms with Gasteiger partial charge < -0.3 is 4.42 Å². The standard InChI is InChI=1S/C14H14O2/c1-9-4-5-12(11(3)8-9)13(15)14-10(2)6-7-16-14/h4-8H,1-3H3. The molecule has 0 aliphatic rings. The van der Waals surface area contributed by atoms with E-state index in [0.29, 0.717) is 11.3 Å². The quantitative estimate of drug-likeness (QED) is 0.717. The summed E-state index contributed by atoms with van der Waals surface area (Å²) < 4.78 is 5.22. The molecule has 0 amide bonds. The maximum Gasteiger partial charge on any atom is 0.228 e. The maximum absolute atomic E-state index is 12.2. The van der Waals surface area contributed by atoms with E-state index in [2.05, 4.69) is 0 Å². The lowest BCUT2D eigenvalue weighted by molar-refractivity contribution is 0.101. The average molecular weight is 214 g/mol. The first-order valence-corrected chi connectivity index (χ1v) is 5.25. The molecule has 0 atom stereocenters. The normalized spacial score (nSPS) is 10.4. The molecule has 0 spiro atoms. The molecular weight excluding hydrogens is 200 g/mol. The number of ketones is 1. The van der Waals surface area contributed by atoms with E-state index in [1.807, 2.05) is 39.0 Å². The van der Waals surface area contributed by atoms with E-state index >= 15 is 0 Å². The zero-order chi connectivity index (χ0) is 11.7. The van der Waals surface area contributed by atoms with Crippen molar-refractivity contribution in [3.8, 4) is 0 Å². The predicted molar refractivity (Wildman–Crippen MR) is 62.8 cm³/mol. The van der Waals surface area contributed by atoms with Crippen molar-refractivity contribution in [2.24, 2.45) is 0 Å². The Hall–Kier alpha value is -1.83. The fourth-order valence-electron chi connectivity index (χ4n) is 1.80. The van der Waals surface area contributed by atoms with E-state index < -0.39 is 0 Å². The second kappa shape index (κ2) is 3.97. The Balaban J connectivity index is 2.46. The van der Waals surface area contributed by atoms with Gasteiger partial charge in [0.1, 0.15) is 0 Å². The van der Waals surface area contributed by atoms with Crippen LogP contribution >= 0.6 is 0 Å². The molecule has 0 aliphatic heterocycles. The van der Waals surface area contributed by atoms with Gasteiger partial charge in [-0.3, -0.25) is 4.79 Å². The van der Waals surface area contributed by atoms with Crippen molar-refractivity contribution < 1.29 is 9.21 Å². The lowest BCUT2D eigenvalue weighted by Crippen LogP contribution is -2.04. The van der Waals surface area contributed by atoms with Crippen LogP contribution in [0, 0.1) is 20.8 Å². The largest absolute Gasteiger partial charge is 0.461 e. The third-order valence-corrected chi connectivity index (χ3v) is 2.69. The first-order chi connectivity index (χ1) is 7.59. The lowest BCUT2D eigenvalue weighted by atomic mass is 10.00. The van der Waals surface area contributed by atoms with Crippen LogP contribution in [0.25, 0.3) is 0 Å². The third kappa shape index (κ3) is 1.78. The van der Waals surface area contributed by atoms with Gasteiger partial charge in [-0.25, -0.2) is 0 Å². The van der Waals surface area contributed by atoms with Crippen molar-refractivity contribution >= 4 is 5.78 Å². The highest BCUT2D eigenvalue weighted by Gasteiger charge is 2.16. The molecule has 0 N–H and O–H groups in total. The summed E-state index contributed by atoms with van der Waals surface area (Å²) in [4.78, 5) is 12.2. The zero-order valence-corrected chi connectivity index (χ0v) is 9.70. The fourth-order valence-corrected chi connectivity index (χ4v) is 1.80. The van der Waals surface area contributed by atoms with Gasteiger partial charge in [-0.15, -0.1) is 0 Å². The Morgan fingerprint density at radius 1 is 1.06 bits per heavy atom. The summed E-state index contributed by atoms with van der Waals surface area (Å²) >= 11 is 0. The predicted octanol–water partition coefficient (Wildman–Crippen LogP) is 3.44. The van der Waals surface area contributed by atoms with Gasteiger partial charge in [0.25, 0.3) is 0 Å². The summed E-state index contributed by atoms with van der Waals surface area (Å²) in [7, 11) is 0. The van der Waals surface area contributed by atoms with Crippen LogP contribution in [0.3, 0.4) is 0 Å². The molecule has 82 valence electrons. The molecule has 0 aliphatic carbocycles. The lowest BCUT2D eigenvalue weighted by Gasteiger charge is -2.04. The van der Waals surface area contributed by atoms with Gasteiger partial charge >= 0.3 is 0 Å². The second-order valence-corrected chi connectivity index (χ2v) is 4.08. The second-order valence-electron chi connectivity index (χ2n) is 4.08. The minimum absolute atomic E-state index is 0.0417. The molecular formula is C14H14O2. The zero-order valence-electron chi connectivity index (χ0n) is 9.70. The molecule has 0 saturated heterocycles. The van der Waals surface area contributed by atoms with Gasteiger partial charge in [0.15, 0.2) is 5.76 Å². The molecule has 0 bridgehead atoms. The van der Waals surface area contributed by atoms with E-state index in [4.69, 9.17) is 4.42 Å². The molecule has 2 aromatic rings. The van der Waals surface area contributed by atoms with Gasteiger partial charge in [0, 0.05) is 5.56 Å². The van der Waals surface area contributed by atoms with E-state index in [1.165, 1.54) is 0 Å². The molecule has 0 radical (unpaired) electrons. The molecule has 0 fully saturated rings. The maximum atomic E-state index is 12.2.